The van der Waals surface area contributed by atoms with Crippen LogP contribution in [0.5, 0.6) is 17.2 Å². The molecule has 1 N–H and O–H groups in total. The van der Waals surface area contributed by atoms with Gasteiger partial charge in [0.1, 0.15) is 17.2 Å². The number of carbonyl (C=O) groups is 1. The van der Waals surface area contributed by atoms with E-state index in [1.165, 1.54) is 16.9 Å². The maximum atomic E-state index is 12.7. The zero-order valence-corrected chi connectivity index (χ0v) is 18.9. The molecule has 168 valence electrons. The van der Waals surface area contributed by atoms with E-state index < -0.39 is 0 Å². The van der Waals surface area contributed by atoms with Crippen molar-refractivity contribution in [1.29, 1.82) is 0 Å². The smallest absolute Gasteiger partial charge is 0.193 e. The first kappa shape index (κ1) is 20.4. The van der Waals surface area contributed by atoms with Crippen LogP contribution >= 0.6 is 0 Å². The van der Waals surface area contributed by atoms with Gasteiger partial charge in [0.05, 0.1) is 6.67 Å². The van der Waals surface area contributed by atoms with Gasteiger partial charge >= 0.3 is 0 Å². The van der Waals surface area contributed by atoms with Crippen molar-refractivity contribution in [3.63, 3.8) is 0 Å². The van der Waals surface area contributed by atoms with Crippen LogP contribution in [0.2, 0.25) is 0 Å². The number of ketones is 1. The van der Waals surface area contributed by atoms with E-state index in [1.54, 1.807) is 6.07 Å². The zero-order valence-electron chi connectivity index (χ0n) is 18.9. The number of aryl methyl sites for hydroxylation is 1. The van der Waals surface area contributed by atoms with E-state index >= 15 is 0 Å². The number of phenols is 1. The number of anilines is 2. The Morgan fingerprint density at radius 1 is 0.735 bits per heavy atom. The van der Waals surface area contributed by atoms with Crippen molar-refractivity contribution in [2.24, 2.45) is 0 Å². The van der Waals surface area contributed by atoms with Gasteiger partial charge in [0.2, 0.25) is 0 Å². The number of phenolic OH excluding ortho intramolecular Hbond substituents is 1. The molecule has 0 aliphatic carbocycles. The van der Waals surface area contributed by atoms with Gasteiger partial charge in [-0.25, -0.2) is 0 Å². The van der Waals surface area contributed by atoms with Crippen molar-refractivity contribution >= 4 is 17.2 Å². The highest BCUT2D eigenvalue weighted by Gasteiger charge is 2.29. The Balaban J connectivity index is 1.20. The Morgan fingerprint density at radius 3 is 1.97 bits per heavy atom. The largest absolute Gasteiger partial charge is 0.508 e. The highest BCUT2D eigenvalue weighted by Crippen LogP contribution is 2.40. The molecule has 6 rings (SSSR count). The number of carbonyl (C=O) groups excluding carboxylic acids is 1. The maximum Gasteiger partial charge on any atom is 0.193 e. The molecule has 0 spiro atoms. The summed E-state index contributed by atoms with van der Waals surface area (Å²) in [4.78, 5) is 17.4. The number of benzene rings is 4. The summed E-state index contributed by atoms with van der Waals surface area (Å²) in [7, 11) is 0. The molecule has 2 aliphatic heterocycles. The van der Waals surface area contributed by atoms with Crippen LogP contribution in [0, 0.1) is 6.92 Å². The van der Waals surface area contributed by atoms with Crippen molar-refractivity contribution in [1.82, 2.24) is 0 Å². The lowest BCUT2D eigenvalue weighted by Gasteiger charge is -2.44. The molecule has 0 saturated carbocycles. The molecule has 4 aromatic rings. The topological polar surface area (TPSA) is 53.0 Å². The lowest BCUT2D eigenvalue weighted by atomic mass is 10.0. The van der Waals surface area contributed by atoms with Crippen LogP contribution in [0.25, 0.3) is 0 Å². The van der Waals surface area contributed by atoms with Crippen LogP contribution in [0.3, 0.4) is 0 Å². The predicted molar refractivity (Wildman–Crippen MR) is 133 cm³/mol. The van der Waals surface area contributed by atoms with Gasteiger partial charge in [-0.3, -0.25) is 4.79 Å². The van der Waals surface area contributed by atoms with Crippen LogP contribution < -0.4 is 14.5 Å². The molecule has 0 radical (unpaired) electrons. The van der Waals surface area contributed by atoms with E-state index in [4.69, 9.17) is 4.74 Å². The summed E-state index contributed by atoms with van der Waals surface area (Å²) in [6.07, 6.45) is 0. The SMILES string of the molecule is Cc1ccc(C(=O)c2ccc(Oc3ccc4c(c3)CN3CN4Cc4cc(O)ccc43)cc2)cc1. The molecule has 0 atom stereocenters. The lowest BCUT2D eigenvalue weighted by Crippen LogP contribution is -2.46. The van der Waals surface area contributed by atoms with Gasteiger partial charge in [0, 0.05) is 35.6 Å². The van der Waals surface area contributed by atoms with Crippen LogP contribution in [0.15, 0.2) is 84.9 Å². The summed E-state index contributed by atoms with van der Waals surface area (Å²) in [5.74, 6) is 1.77. The molecule has 0 aromatic heterocycles. The summed E-state index contributed by atoms with van der Waals surface area (Å²) in [6, 6.07) is 26.7. The third-order valence-electron chi connectivity index (χ3n) is 6.53. The number of hydrogen-bond acceptors (Lipinski definition) is 5. The predicted octanol–water partition coefficient (Wildman–Crippen LogP) is 6.02. The quantitative estimate of drug-likeness (QED) is 0.387. The first-order chi connectivity index (χ1) is 16.5. The Labute approximate surface area is 198 Å². The van der Waals surface area contributed by atoms with Gasteiger partial charge in [0.15, 0.2) is 5.78 Å². The minimum Gasteiger partial charge on any atom is -0.508 e. The third kappa shape index (κ3) is 3.65. The summed E-state index contributed by atoms with van der Waals surface area (Å²) < 4.78 is 6.13. The molecule has 5 heteroatoms. The van der Waals surface area contributed by atoms with Gasteiger partial charge in [0.25, 0.3) is 0 Å². The van der Waals surface area contributed by atoms with E-state index in [-0.39, 0.29) is 5.78 Å². The molecular weight excluding hydrogens is 424 g/mol. The van der Waals surface area contributed by atoms with Crippen molar-refractivity contribution in [2.75, 3.05) is 16.5 Å². The third-order valence-corrected chi connectivity index (χ3v) is 6.53. The molecule has 0 unspecified atom stereocenters. The number of rotatable bonds is 4. The van der Waals surface area contributed by atoms with Crippen molar-refractivity contribution in [3.8, 4) is 17.2 Å². The first-order valence-corrected chi connectivity index (χ1v) is 11.4. The Hall–Kier alpha value is -4.25. The molecule has 0 fully saturated rings. The van der Waals surface area contributed by atoms with Gasteiger partial charge in [-0.2, -0.15) is 0 Å². The van der Waals surface area contributed by atoms with E-state index in [0.29, 0.717) is 22.6 Å². The Kier molecular flexibility index (Phi) is 4.77. The molecule has 5 nitrogen and oxygen atoms in total. The van der Waals surface area contributed by atoms with Gasteiger partial charge in [-0.1, -0.05) is 29.8 Å². The second-order valence-corrected chi connectivity index (χ2v) is 8.96. The van der Waals surface area contributed by atoms with E-state index in [9.17, 15) is 9.90 Å². The summed E-state index contributed by atoms with van der Waals surface area (Å²) >= 11 is 0. The molecule has 2 bridgehead atoms. The Morgan fingerprint density at radius 2 is 1.29 bits per heavy atom. The second kappa shape index (κ2) is 7.96. The molecular formula is C29H24N2O3. The summed E-state index contributed by atoms with van der Waals surface area (Å²) in [5, 5.41) is 9.87. The number of fused-ring (bicyclic) bond motifs is 6. The molecule has 0 saturated heterocycles. The standard InChI is InChI=1S/C29H24N2O3/c1-19-2-4-20(5-3-19)29(33)21-6-9-25(10-7-21)34-26-11-13-28-23(15-26)17-31-18-30(28)16-22-14-24(32)8-12-27(22)31/h2-15,32H,16-18H2,1H3. The Bertz CT molecular complexity index is 1390. The maximum absolute atomic E-state index is 12.7. The minimum absolute atomic E-state index is 0.00331. The van der Waals surface area contributed by atoms with Crippen LogP contribution in [-0.2, 0) is 13.1 Å². The van der Waals surface area contributed by atoms with Crippen molar-refractivity contribution < 1.29 is 14.6 Å². The van der Waals surface area contributed by atoms with Crippen LogP contribution in [0.4, 0.5) is 11.4 Å². The molecule has 2 aliphatic rings. The average Bonchev–Trinajstić information content (AvgIpc) is 2.84. The second-order valence-electron chi connectivity index (χ2n) is 8.96. The average molecular weight is 449 g/mol. The fraction of sp³-hybridized carbons (Fsp3) is 0.138. The van der Waals surface area contributed by atoms with Crippen molar-refractivity contribution in [3.05, 3.63) is 113 Å². The fourth-order valence-corrected chi connectivity index (χ4v) is 4.79. The van der Waals surface area contributed by atoms with Gasteiger partial charge < -0.3 is 19.6 Å². The number of nitrogens with zero attached hydrogens (tertiary/aromatic N) is 2. The number of aromatic hydroxyl groups is 1. The first-order valence-electron chi connectivity index (χ1n) is 11.4. The summed E-state index contributed by atoms with van der Waals surface area (Å²) in [6.45, 7) is 4.39. The van der Waals surface area contributed by atoms with Gasteiger partial charge in [-0.15, -0.1) is 0 Å². The number of hydrogen-bond donors (Lipinski definition) is 1. The highest BCUT2D eigenvalue weighted by atomic mass is 16.5. The zero-order chi connectivity index (χ0) is 23.2. The fourth-order valence-electron chi connectivity index (χ4n) is 4.79. The molecule has 34 heavy (non-hydrogen) atoms. The van der Waals surface area contributed by atoms with Crippen LogP contribution in [-0.4, -0.2) is 17.6 Å². The summed E-state index contributed by atoms with van der Waals surface area (Å²) in [5.41, 5.74) is 7.15. The monoisotopic (exact) mass is 448 g/mol. The molecule has 2 heterocycles. The number of ether oxygens (including phenoxy) is 1. The molecule has 0 amide bonds. The van der Waals surface area contributed by atoms with E-state index in [0.717, 1.165) is 36.6 Å². The minimum atomic E-state index is 0.00331. The molecule has 4 aromatic carbocycles. The van der Waals surface area contributed by atoms with E-state index in [2.05, 4.69) is 21.9 Å². The highest BCUT2D eigenvalue weighted by molar-refractivity contribution is 6.09. The lowest BCUT2D eigenvalue weighted by molar-refractivity contribution is 0.103. The van der Waals surface area contributed by atoms with Gasteiger partial charge in [-0.05, 0) is 78.7 Å². The van der Waals surface area contributed by atoms with E-state index in [1.807, 2.05) is 73.7 Å². The van der Waals surface area contributed by atoms with Crippen molar-refractivity contribution in [2.45, 2.75) is 20.0 Å². The normalized spacial score (nSPS) is 13.8. The van der Waals surface area contributed by atoms with Crippen LogP contribution in [0.1, 0.15) is 32.6 Å².